The summed E-state index contributed by atoms with van der Waals surface area (Å²) in [6.07, 6.45) is 3.47. The second-order valence-corrected chi connectivity index (χ2v) is 6.77. The van der Waals surface area contributed by atoms with Gasteiger partial charge in [-0.2, -0.15) is 0 Å². The van der Waals surface area contributed by atoms with Crippen LogP contribution in [-0.4, -0.2) is 29.0 Å². The number of benzene rings is 1. The summed E-state index contributed by atoms with van der Waals surface area (Å²) in [4.78, 5) is 23.5. The highest BCUT2D eigenvalue weighted by Crippen LogP contribution is 2.32. The van der Waals surface area contributed by atoms with Crippen LogP contribution in [0.4, 0.5) is 5.82 Å². The fourth-order valence-electron chi connectivity index (χ4n) is 3.23. The Morgan fingerprint density at radius 1 is 1.29 bits per heavy atom. The summed E-state index contributed by atoms with van der Waals surface area (Å²) in [5, 5.41) is 3.09. The first-order valence-corrected chi connectivity index (χ1v) is 8.43. The normalized spacial score (nSPS) is 20.7. The molecule has 1 unspecified atom stereocenters. The Morgan fingerprint density at radius 2 is 2.08 bits per heavy atom. The van der Waals surface area contributed by atoms with Gasteiger partial charge in [0, 0.05) is 31.4 Å². The van der Waals surface area contributed by atoms with Crippen molar-refractivity contribution in [1.29, 1.82) is 0 Å². The number of hydrogen-bond acceptors (Lipinski definition) is 4. The number of nitrogens with one attached hydrogen (secondary N) is 1. The average Bonchev–Trinajstić information content (AvgIpc) is 2.60. The van der Waals surface area contributed by atoms with E-state index in [1.165, 1.54) is 0 Å². The molecule has 1 atom stereocenters. The largest absolute Gasteiger partial charge is 0.355 e. The molecule has 5 heteroatoms. The molecule has 24 heavy (non-hydrogen) atoms. The van der Waals surface area contributed by atoms with E-state index in [9.17, 15) is 4.79 Å². The summed E-state index contributed by atoms with van der Waals surface area (Å²) in [6, 6.07) is 12.0. The monoisotopic (exact) mass is 324 g/mol. The van der Waals surface area contributed by atoms with Gasteiger partial charge >= 0.3 is 0 Å². The Hall–Kier alpha value is -2.43. The molecular formula is C19H24N4O. The van der Waals surface area contributed by atoms with Gasteiger partial charge in [0.05, 0.1) is 5.41 Å². The van der Waals surface area contributed by atoms with Gasteiger partial charge in [-0.3, -0.25) is 4.79 Å². The Kier molecular flexibility index (Phi) is 4.79. The van der Waals surface area contributed by atoms with Crippen molar-refractivity contribution in [2.24, 2.45) is 5.41 Å². The van der Waals surface area contributed by atoms with E-state index in [0.29, 0.717) is 13.1 Å². The maximum absolute atomic E-state index is 12.8. The van der Waals surface area contributed by atoms with Crippen LogP contribution in [0.1, 0.15) is 31.0 Å². The van der Waals surface area contributed by atoms with Crippen molar-refractivity contribution in [3.63, 3.8) is 0 Å². The first-order valence-electron chi connectivity index (χ1n) is 8.43. The van der Waals surface area contributed by atoms with Gasteiger partial charge in [0.2, 0.25) is 5.91 Å². The van der Waals surface area contributed by atoms with E-state index >= 15 is 0 Å². The maximum atomic E-state index is 12.8. The van der Waals surface area contributed by atoms with E-state index in [2.05, 4.69) is 20.2 Å². The zero-order valence-electron chi connectivity index (χ0n) is 14.3. The van der Waals surface area contributed by atoms with Crippen molar-refractivity contribution in [1.82, 2.24) is 15.3 Å². The molecule has 3 rings (SSSR count). The van der Waals surface area contributed by atoms with Crippen molar-refractivity contribution in [2.75, 3.05) is 18.0 Å². The third-order valence-corrected chi connectivity index (χ3v) is 4.65. The van der Waals surface area contributed by atoms with Crippen molar-refractivity contribution in [2.45, 2.75) is 33.2 Å². The predicted molar refractivity (Wildman–Crippen MR) is 94.6 cm³/mol. The highest BCUT2D eigenvalue weighted by atomic mass is 16.2. The number of aromatic nitrogens is 2. The van der Waals surface area contributed by atoms with Crippen LogP contribution in [0.5, 0.6) is 0 Å². The molecule has 5 nitrogen and oxygen atoms in total. The molecule has 1 amide bonds. The fourth-order valence-corrected chi connectivity index (χ4v) is 3.23. The highest BCUT2D eigenvalue weighted by Gasteiger charge is 2.38. The molecule has 1 saturated heterocycles. The van der Waals surface area contributed by atoms with Crippen LogP contribution in [0.3, 0.4) is 0 Å². The number of carbonyl (C=O) groups is 1. The van der Waals surface area contributed by atoms with Gasteiger partial charge < -0.3 is 10.2 Å². The van der Waals surface area contributed by atoms with Crippen LogP contribution < -0.4 is 10.2 Å². The minimum absolute atomic E-state index is 0.113. The van der Waals surface area contributed by atoms with E-state index in [0.717, 1.165) is 36.5 Å². The lowest BCUT2D eigenvalue weighted by molar-refractivity contribution is -0.130. The van der Waals surface area contributed by atoms with Gasteiger partial charge in [-0.05, 0) is 32.3 Å². The molecular weight excluding hydrogens is 300 g/mol. The molecule has 1 aliphatic heterocycles. The first-order chi connectivity index (χ1) is 11.6. The highest BCUT2D eigenvalue weighted by molar-refractivity contribution is 5.83. The average molecular weight is 324 g/mol. The van der Waals surface area contributed by atoms with Gasteiger partial charge in [0.25, 0.3) is 0 Å². The summed E-state index contributed by atoms with van der Waals surface area (Å²) in [7, 11) is 0. The molecule has 0 radical (unpaired) electrons. The Labute approximate surface area is 143 Å². The fraction of sp³-hybridized carbons (Fsp3) is 0.421. The topological polar surface area (TPSA) is 58.1 Å². The van der Waals surface area contributed by atoms with Crippen molar-refractivity contribution < 1.29 is 4.79 Å². The molecule has 1 fully saturated rings. The first kappa shape index (κ1) is 16.4. The van der Waals surface area contributed by atoms with E-state index in [-0.39, 0.29) is 5.91 Å². The number of anilines is 1. The second-order valence-electron chi connectivity index (χ2n) is 6.77. The zero-order chi connectivity index (χ0) is 17.0. The van der Waals surface area contributed by atoms with E-state index in [1.54, 1.807) is 6.33 Å². The molecule has 1 N–H and O–H groups in total. The van der Waals surface area contributed by atoms with Crippen LogP contribution in [0, 0.1) is 12.3 Å². The maximum Gasteiger partial charge on any atom is 0.227 e. The Bertz CT molecular complexity index is 704. The van der Waals surface area contributed by atoms with Crippen molar-refractivity contribution >= 4 is 11.7 Å². The molecule has 0 aliphatic carbocycles. The van der Waals surface area contributed by atoms with Crippen LogP contribution in [0.25, 0.3) is 0 Å². The van der Waals surface area contributed by atoms with Gasteiger partial charge in [0.1, 0.15) is 12.1 Å². The van der Waals surface area contributed by atoms with E-state index in [1.807, 2.05) is 50.2 Å². The minimum atomic E-state index is -0.397. The summed E-state index contributed by atoms with van der Waals surface area (Å²) >= 11 is 0. The van der Waals surface area contributed by atoms with Gasteiger partial charge in [0.15, 0.2) is 0 Å². The third-order valence-electron chi connectivity index (χ3n) is 4.65. The predicted octanol–water partition coefficient (Wildman–Crippen LogP) is 2.71. The molecule has 1 aromatic heterocycles. The molecule has 0 bridgehead atoms. The number of hydrogen-bond donors (Lipinski definition) is 1. The van der Waals surface area contributed by atoms with E-state index < -0.39 is 5.41 Å². The molecule has 2 heterocycles. The minimum Gasteiger partial charge on any atom is -0.355 e. The van der Waals surface area contributed by atoms with Crippen molar-refractivity contribution in [3.05, 3.63) is 54.0 Å². The number of carbonyl (C=O) groups excluding carboxylic acids is 1. The van der Waals surface area contributed by atoms with Crippen molar-refractivity contribution in [3.8, 4) is 0 Å². The number of piperidine rings is 1. The summed E-state index contributed by atoms with van der Waals surface area (Å²) < 4.78 is 0. The quantitative estimate of drug-likeness (QED) is 0.939. The SMILES string of the molecule is Cc1cc(N2CCCC(C)(C(=O)NCc3ccccc3)C2)ncn1. The van der Waals surface area contributed by atoms with E-state index in [4.69, 9.17) is 0 Å². The van der Waals surface area contributed by atoms with Gasteiger partial charge in [-0.25, -0.2) is 9.97 Å². The zero-order valence-corrected chi connectivity index (χ0v) is 14.3. The second kappa shape index (κ2) is 6.99. The lowest BCUT2D eigenvalue weighted by atomic mass is 9.81. The molecule has 1 aromatic carbocycles. The molecule has 0 spiro atoms. The molecule has 0 saturated carbocycles. The van der Waals surface area contributed by atoms with Gasteiger partial charge in [-0.15, -0.1) is 0 Å². The summed E-state index contributed by atoms with van der Waals surface area (Å²) in [5.74, 6) is 1.02. The lowest BCUT2D eigenvalue weighted by Gasteiger charge is -2.40. The number of amides is 1. The molecule has 2 aromatic rings. The Morgan fingerprint density at radius 3 is 2.83 bits per heavy atom. The van der Waals surface area contributed by atoms with Gasteiger partial charge in [-0.1, -0.05) is 30.3 Å². The lowest BCUT2D eigenvalue weighted by Crippen LogP contribution is -2.50. The van der Waals surface area contributed by atoms with Crippen LogP contribution >= 0.6 is 0 Å². The summed E-state index contributed by atoms with van der Waals surface area (Å²) in [6.45, 7) is 6.19. The van der Waals surface area contributed by atoms with Crippen LogP contribution in [-0.2, 0) is 11.3 Å². The standard InChI is InChI=1S/C19H24N4O/c1-15-11-17(22-14-21-15)23-10-6-9-19(2,13-23)18(24)20-12-16-7-4-3-5-8-16/h3-5,7-8,11,14H,6,9-10,12-13H2,1-2H3,(H,20,24). The Balaban J connectivity index is 1.66. The number of nitrogens with zero attached hydrogens (tertiary/aromatic N) is 3. The number of aryl methyl sites for hydroxylation is 1. The third kappa shape index (κ3) is 3.72. The number of rotatable bonds is 4. The van der Waals surface area contributed by atoms with Crippen LogP contribution in [0.2, 0.25) is 0 Å². The molecule has 1 aliphatic rings. The summed E-state index contributed by atoms with van der Waals surface area (Å²) in [5.41, 5.74) is 1.67. The van der Waals surface area contributed by atoms with Crippen LogP contribution in [0.15, 0.2) is 42.7 Å². The molecule has 126 valence electrons. The smallest absolute Gasteiger partial charge is 0.227 e.